The molecule has 0 aromatic heterocycles. The van der Waals surface area contributed by atoms with Crippen LogP contribution < -0.4 is 5.73 Å². The molecule has 0 radical (unpaired) electrons. The largest absolute Gasteiger partial charge is 0.508 e. The summed E-state index contributed by atoms with van der Waals surface area (Å²) in [7, 11) is 0. The molecule has 1 rings (SSSR count). The van der Waals surface area contributed by atoms with Gasteiger partial charge in [0.1, 0.15) is 5.75 Å². The Kier molecular flexibility index (Phi) is 6.95. The number of esters is 1. The molecule has 17 heavy (non-hydrogen) atoms. The van der Waals surface area contributed by atoms with E-state index < -0.39 is 12.0 Å². The molecule has 4 nitrogen and oxygen atoms in total. The number of ether oxygens (including phenoxy) is 1. The molecule has 0 fully saturated rings. The van der Waals surface area contributed by atoms with Gasteiger partial charge in [0.25, 0.3) is 0 Å². The molecule has 0 aliphatic heterocycles. The fraction of sp³-hybridized carbons (Fsp3) is 0.364. The molecular weight excluding hydrogens is 265 g/mol. The lowest BCUT2D eigenvalue weighted by Crippen LogP contribution is -2.17. The van der Waals surface area contributed by atoms with E-state index in [1.807, 2.05) is 0 Å². The van der Waals surface area contributed by atoms with Crippen molar-refractivity contribution in [2.24, 2.45) is 5.73 Å². The molecule has 0 saturated carbocycles. The summed E-state index contributed by atoms with van der Waals surface area (Å²) >= 11 is 5.78. The Hall–Kier alpha value is -0.970. The second-order valence-electron chi connectivity index (χ2n) is 3.32. The van der Waals surface area contributed by atoms with Crippen molar-refractivity contribution in [2.75, 3.05) is 6.61 Å². The van der Waals surface area contributed by atoms with E-state index in [0.717, 1.165) is 0 Å². The van der Waals surface area contributed by atoms with E-state index in [9.17, 15) is 9.90 Å². The normalized spacial score (nSPS) is 11.5. The van der Waals surface area contributed by atoms with Crippen LogP contribution in [-0.2, 0) is 9.53 Å². The van der Waals surface area contributed by atoms with Gasteiger partial charge in [0.15, 0.2) is 0 Å². The van der Waals surface area contributed by atoms with Gasteiger partial charge < -0.3 is 15.6 Å². The van der Waals surface area contributed by atoms with Crippen LogP contribution in [0.1, 0.15) is 24.9 Å². The van der Waals surface area contributed by atoms with Gasteiger partial charge >= 0.3 is 5.97 Å². The molecule has 1 aromatic rings. The number of halogens is 2. The first kappa shape index (κ1) is 16.0. The van der Waals surface area contributed by atoms with Gasteiger partial charge in [0, 0.05) is 16.6 Å². The van der Waals surface area contributed by atoms with Crippen LogP contribution in [0.2, 0.25) is 5.02 Å². The number of hydrogen-bond acceptors (Lipinski definition) is 4. The van der Waals surface area contributed by atoms with Crippen molar-refractivity contribution >= 4 is 30.0 Å². The number of aromatic hydroxyl groups is 1. The standard InChI is InChI=1S/C11H14ClNO3.ClH/c1-2-16-11(15)6-9(13)8-5-7(12)3-4-10(8)14;/h3-5,9,14H,2,6,13H2,1H3;1H/t9-;/m0./s1. The molecule has 0 saturated heterocycles. The van der Waals surface area contributed by atoms with Crippen molar-refractivity contribution in [3.05, 3.63) is 28.8 Å². The Morgan fingerprint density at radius 2 is 2.24 bits per heavy atom. The molecule has 1 aromatic carbocycles. The minimum atomic E-state index is -0.613. The molecule has 0 amide bonds. The monoisotopic (exact) mass is 279 g/mol. The van der Waals surface area contributed by atoms with Gasteiger partial charge in [-0.15, -0.1) is 12.4 Å². The number of phenols is 1. The molecule has 0 heterocycles. The predicted octanol–water partition coefficient (Wildman–Crippen LogP) is 2.42. The molecule has 0 aliphatic rings. The van der Waals surface area contributed by atoms with Crippen LogP contribution in [0.4, 0.5) is 0 Å². The molecule has 96 valence electrons. The number of nitrogens with two attached hydrogens (primary N) is 1. The summed E-state index contributed by atoms with van der Waals surface area (Å²) in [4.78, 5) is 11.2. The fourth-order valence-corrected chi connectivity index (χ4v) is 1.51. The zero-order valence-electron chi connectivity index (χ0n) is 9.35. The van der Waals surface area contributed by atoms with Crippen molar-refractivity contribution < 1.29 is 14.6 Å². The zero-order chi connectivity index (χ0) is 12.1. The summed E-state index contributed by atoms with van der Waals surface area (Å²) in [5.41, 5.74) is 6.22. The second kappa shape index (κ2) is 7.37. The SMILES string of the molecule is CCOC(=O)C[C@H](N)c1cc(Cl)ccc1O.Cl. The van der Waals surface area contributed by atoms with Crippen LogP contribution in [0.5, 0.6) is 5.75 Å². The highest BCUT2D eigenvalue weighted by atomic mass is 35.5. The summed E-state index contributed by atoms with van der Waals surface area (Å²) in [6.07, 6.45) is 0.0156. The van der Waals surface area contributed by atoms with Crippen molar-refractivity contribution in [1.82, 2.24) is 0 Å². The molecule has 0 spiro atoms. The predicted molar refractivity (Wildman–Crippen MR) is 68.5 cm³/mol. The van der Waals surface area contributed by atoms with Crippen LogP contribution in [0.3, 0.4) is 0 Å². The number of rotatable bonds is 4. The number of hydrogen-bond donors (Lipinski definition) is 2. The topological polar surface area (TPSA) is 72.5 Å². The highest BCUT2D eigenvalue weighted by Crippen LogP contribution is 2.27. The number of carbonyl (C=O) groups excluding carboxylic acids is 1. The maximum atomic E-state index is 11.2. The molecule has 0 unspecified atom stereocenters. The average molecular weight is 280 g/mol. The summed E-state index contributed by atoms with van der Waals surface area (Å²) in [5.74, 6) is -0.365. The van der Waals surface area contributed by atoms with Gasteiger partial charge in [0.2, 0.25) is 0 Å². The lowest BCUT2D eigenvalue weighted by molar-refractivity contribution is -0.143. The van der Waals surface area contributed by atoms with Crippen molar-refractivity contribution in [1.29, 1.82) is 0 Å². The van der Waals surface area contributed by atoms with Crippen molar-refractivity contribution in [2.45, 2.75) is 19.4 Å². The third-order valence-electron chi connectivity index (χ3n) is 2.08. The highest BCUT2D eigenvalue weighted by molar-refractivity contribution is 6.30. The van der Waals surface area contributed by atoms with Gasteiger partial charge in [-0.3, -0.25) is 4.79 Å². The Balaban J connectivity index is 0.00000256. The van der Waals surface area contributed by atoms with E-state index in [2.05, 4.69) is 0 Å². The molecule has 6 heteroatoms. The van der Waals surface area contributed by atoms with E-state index in [-0.39, 0.29) is 24.6 Å². The van der Waals surface area contributed by atoms with Crippen LogP contribution in [0, 0.1) is 0 Å². The van der Waals surface area contributed by atoms with E-state index >= 15 is 0 Å². The number of phenolic OH excluding ortho intramolecular Hbond substituents is 1. The van der Waals surface area contributed by atoms with Crippen LogP contribution >= 0.6 is 24.0 Å². The van der Waals surface area contributed by atoms with Gasteiger partial charge in [-0.25, -0.2) is 0 Å². The van der Waals surface area contributed by atoms with Gasteiger partial charge in [-0.2, -0.15) is 0 Å². The summed E-state index contributed by atoms with van der Waals surface area (Å²) in [6.45, 7) is 2.04. The Morgan fingerprint density at radius 3 is 2.82 bits per heavy atom. The van der Waals surface area contributed by atoms with Gasteiger partial charge in [-0.1, -0.05) is 11.6 Å². The minimum absolute atomic E-state index is 0. The first-order valence-corrected chi connectivity index (χ1v) is 5.32. The Bertz CT molecular complexity index is 385. The summed E-state index contributed by atoms with van der Waals surface area (Å²) in [5, 5.41) is 10.0. The highest BCUT2D eigenvalue weighted by Gasteiger charge is 2.16. The van der Waals surface area contributed by atoms with Crippen molar-refractivity contribution in [3.8, 4) is 5.75 Å². The molecular formula is C11H15Cl2NO3. The van der Waals surface area contributed by atoms with E-state index in [1.54, 1.807) is 19.1 Å². The third kappa shape index (κ3) is 4.81. The fourth-order valence-electron chi connectivity index (χ4n) is 1.33. The molecule has 0 aliphatic carbocycles. The average Bonchev–Trinajstić information content (AvgIpc) is 2.21. The maximum Gasteiger partial charge on any atom is 0.307 e. The van der Waals surface area contributed by atoms with Crippen LogP contribution in [0.15, 0.2) is 18.2 Å². The second-order valence-corrected chi connectivity index (χ2v) is 3.76. The lowest BCUT2D eigenvalue weighted by Gasteiger charge is -2.13. The molecule has 3 N–H and O–H groups in total. The smallest absolute Gasteiger partial charge is 0.307 e. The minimum Gasteiger partial charge on any atom is -0.508 e. The van der Waals surface area contributed by atoms with E-state index in [1.165, 1.54) is 6.07 Å². The Morgan fingerprint density at radius 1 is 1.59 bits per heavy atom. The van der Waals surface area contributed by atoms with E-state index in [4.69, 9.17) is 22.1 Å². The summed E-state index contributed by atoms with van der Waals surface area (Å²) < 4.78 is 4.77. The van der Waals surface area contributed by atoms with E-state index in [0.29, 0.717) is 17.2 Å². The van der Waals surface area contributed by atoms with Crippen LogP contribution in [-0.4, -0.2) is 17.7 Å². The van der Waals surface area contributed by atoms with Crippen molar-refractivity contribution in [3.63, 3.8) is 0 Å². The lowest BCUT2D eigenvalue weighted by atomic mass is 10.0. The third-order valence-corrected chi connectivity index (χ3v) is 2.32. The van der Waals surface area contributed by atoms with Gasteiger partial charge in [0.05, 0.1) is 13.0 Å². The molecule has 0 bridgehead atoms. The quantitative estimate of drug-likeness (QED) is 0.831. The Labute approximate surface area is 111 Å². The zero-order valence-corrected chi connectivity index (χ0v) is 10.9. The number of carbonyl (C=O) groups is 1. The first-order valence-electron chi connectivity index (χ1n) is 4.94. The summed E-state index contributed by atoms with van der Waals surface area (Å²) in [6, 6.07) is 3.93. The maximum absolute atomic E-state index is 11.2. The van der Waals surface area contributed by atoms with Crippen LogP contribution in [0.25, 0.3) is 0 Å². The first-order chi connectivity index (χ1) is 7.54. The van der Waals surface area contributed by atoms with Gasteiger partial charge in [-0.05, 0) is 25.1 Å². The molecule has 1 atom stereocenters. The number of benzene rings is 1.